The van der Waals surface area contributed by atoms with Gasteiger partial charge in [-0.2, -0.15) is 0 Å². The molecule has 6 atom stereocenters. The van der Waals surface area contributed by atoms with Gasteiger partial charge in [0, 0.05) is 29.6 Å². The molecule has 4 amide bonds. The van der Waals surface area contributed by atoms with Gasteiger partial charge < -0.3 is 44.7 Å². The molecule has 0 radical (unpaired) electrons. The second-order valence-corrected chi connectivity index (χ2v) is 15.5. The topological polar surface area (TPSA) is 199 Å². The zero-order valence-corrected chi connectivity index (χ0v) is 33.6. The molecule has 0 bridgehead atoms. The van der Waals surface area contributed by atoms with Gasteiger partial charge in [0.2, 0.25) is 11.8 Å². The van der Waals surface area contributed by atoms with Gasteiger partial charge in [-0.05, 0) is 67.3 Å². The second kappa shape index (κ2) is 17.2. The first kappa shape index (κ1) is 40.1. The van der Waals surface area contributed by atoms with Crippen LogP contribution in [0.15, 0.2) is 65.3 Å². The van der Waals surface area contributed by atoms with Gasteiger partial charge in [-0.3, -0.25) is 9.59 Å². The molecule has 5 heterocycles. The number of amides is 4. The highest BCUT2D eigenvalue weighted by molar-refractivity contribution is 5.88. The number of aromatic amines is 2. The van der Waals surface area contributed by atoms with Crippen LogP contribution >= 0.6 is 0 Å². The van der Waals surface area contributed by atoms with E-state index in [2.05, 4.69) is 30.6 Å². The number of furan rings is 1. The number of carboxylic acid groups (broad SMARTS) is 1. The number of nitrogens with one attached hydrogen (secondary N) is 4. The molecule has 306 valence electrons. The highest BCUT2D eigenvalue weighted by Crippen LogP contribution is 2.36. The van der Waals surface area contributed by atoms with Crippen LogP contribution < -0.4 is 10.6 Å². The van der Waals surface area contributed by atoms with Crippen molar-refractivity contribution in [1.29, 1.82) is 0 Å². The molecule has 2 saturated heterocycles. The molecule has 2 aromatic carbocycles. The maximum Gasteiger partial charge on any atom is 0.407 e. The number of benzene rings is 2. The molecule has 0 spiro atoms. The quantitative estimate of drug-likeness (QED) is 0.0794. The number of hydrogen-bond acceptors (Lipinski definition) is 8. The predicted octanol–water partition coefficient (Wildman–Crippen LogP) is 7.66. The average molecular weight is 793 g/mol. The van der Waals surface area contributed by atoms with Gasteiger partial charge in [-0.25, -0.2) is 19.6 Å². The van der Waals surface area contributed by atoms with E-state index in [4.69, 9.17) is 9.15 Å². The average Bonchev–Trinajstić information content (AvgIpc) is 4.09. The summed E-state index contributed by atoms with van der Waals surface area (Å²) in [7, 11) is 1.29. The van der Waals surface area contributed by atoms with E-state index in [-0.39, 0.29) is 35.7 Å². The summed E-state index contributed by atoms with van der Waals surface area (Å²) >= 11 is 0. The number of alkyl carbamates (subject to hydrolysis) is 1. The van der Waals surface area contributed by atoms with Crippen LogP contribution in [0.4, 0.5) is 9.59 Å². The highest BCUT2D eigenvalue weighted by atomic mass is 16.5. The summed E-state index contributed by atoms with van der Waals surface area (Å²) in [5.41, 5.74) is 5.14. The van der Waals surface area contributed by atoms with Gasteiger partial charge in [-0.1, -0.05) is 64.8 Å². The number of aromatic nitrogens is 4. The monoisotopic (exact) mass is 792 g/mol. The number of methoxy groups -OCH3 is 1. The summed E-state index contributed by atoms with van der Waals surface area (Å²) in [5, 5.41) is 15.5. The number of carbonyl (C=O) groups excluding carboxylic acids is 3. The molecule has 4 unspecified atom stereocenters. The molecule has 7 rings (SSSR count). The third kappa shape index (κ3) is 8.16. The number of H-pyrrole nitrogens is 2. The maximum atomic E-state index is 13.7. The summed E-state index contributed by atoms with van der Waals surface area (Å²) in [4.78, 5) is 70.6. The Kier molecular flexibility index (Phi) is 11.9. The maximum absolute atomic E-state index is 13.7. The van der Waals surface area contributed by atoms with Crippen molar-refractivity contribution in [3.63, 3.8) is 0 Å². The van der Waals surface area contributed by atoms with Gasteiger partial charge in [0.1, 0.15) is 35.1 Å². The fraction of sp³-hybridized carbons (Fsp3) is 0.442. The SMILES string of the molecule is CCC(C)C(NC(=O)O)C(=O)N1CCC[C@H]1c1ncc(-c2ccc3oc(-c4ccc(-c5cnc([C@@H]6CCCN6C(=O)C(NC(=O)OC)C(C)CC)[nH]5)cc4)cc3c2)[nH]1. The number of ether oxygens (including phenoxy) is 1. The minimum absolute atomic E-state index is 0.0643. The van der Waals surface area contributed by atoms with Gasteiger partial charge in [0.15, 0.2) is 0 Å². The third-order valence-corrected chi connectivity index (χ3v) is 11.9. The molecule has 2 aliphatic heterocycles. The summed E-state index contributed by atoms with van der Waals surface area (Å²) in [6, 6.07) is 14.0. The van der Waals surface area contributed by atoms with Crippen LogP contribution in [0.3, 0.4) is 0 Å². The van der Waals surface area contributed by atoms with Gasteiger partial charge in [0.05, 0.1) is 43.0 Å². The van der Waals surface area contributed by atoms with E-state index in [0.29, 0.717) is 31.2 Å². The zero-order valence-electron chi connectivity index (χ0n) is 33.6. The van der Waals surface area contributed by atoms with Crippen LogP contribution in [0, 0.1) is 11.8 Å². The highest BCUT2D eigenvalue weighted by Gasteiger charge is 2.39. The predicted molar refractivity (Wildman–Crippen MR) is 217 cm³/mol. The van der Waals surface area contributed by atoms with E-state index in [1.807, 2.05) is 81.1 Å². The molecule has 2 aliphatic rings. The Morgan fingerprint density at radius 2 is 1.31 bits per heavy atom. The molecule has 15 heteroatoms. The lowest BCUT2D eigenvalue weighted by Crippen LogP contribution is -2.51. The second-order valence-electron chi connectivity index (χ2n) is 15.5. The molecule has 3 aromatic heterocycles. The minimum atomic E-state index is -1.21. The Hall–Kier alpha value is -6.12. The Morgan fingerprint density at radius 1 is 0.793 bits per heavy atom. The van der Waals surface area contributed by atoms with Crippen LogP contribution in [0.1, 0.15) is 90.0 Å². The van der Waals surface area contributed by atoms with E-state index in [1.54, 1.807) is 17.3 Å². The Labute approximate surface area is 336 Å². The van der Waals surface area contributed by atoms with Crippen LogP contribution in [-0.2, 0) is 14.3 Å². The van der Waals surface area contributed by atoms with Crippen molar-refractivity contribution in [2.75, 3.05) is 20.2 Å². The molecule has 0 saturated carbocycles. The Morgan fingerprint density at radius 3 is 1.84 bits per heavy atom. The first-order valence-corrected chi connectivity index (χ1v) is 20.2. The lowest BCUT2D eigenvalue weighted by Gasteiger charge is -2.30. The molecule has 0 aliphatic carbocycles. The van der Waals surface area contributed by atoms with E-state index < -0.39 is 24.3 Å². The third-order valence-electron chi connectivity index (χ3n) is 11.9. The number of likely N-dealkylation sites (tertiary alicyclic amines) is 2. The minimum Gasteiger partial charge on any atom is -0.465 e. The van der Waals surface area contributed by atoms with Gasteiger partial charge in [-0.15, -0.1) is 0 Å². The molecule has 15 nitrogen and oxygen atoms in total. The Balaban J connectivity index is 1.04. The summed E-state index contributed by atoms with van der Waals surface area (Å²) in [6.07, 6.45) is 6.27. The molecule has 5 N–H and O–H groups in total. The number of nitrogens with zero attached hydrogens (tertiary/aromatic N) is 4. The largest absolute Gasteiger partial charge is 0.465 e. The van der Waals surface area contributed by atoms with E-state index in [9.17, 15) is 24.3 Å². The molecular weight excluding hydrogens is 741 g/mol. The van der Waals surface area contributed by atoms with Crippen molar-refractivity contribution in [3.8, 4) is 33.8 Å². The number of carbonyl (C=O) groups is 4. The number of rotatable bonds is 13. The van der Waals surface area contributed by atoms with Crippen molar-refractivity contribution in [2.45, 2.75) is 90.4 Å². The number of fused-ring (bicyclic) bond motifs is 1. The van der Waals surface area contributed by atoms with Crippen molar-refractivity contribution in [2.24, 2.45) is 11.8 Å². The standard InChI is InChI=1S/C43H52N8O7/c1-6-24(3)36(48-42(54)55)40(52)50-18-8-11-33(50)39-45-23-31(47-39)28-16-17-34-29(20-28)21-35(58-34)27-14-12-26(13-15-27)30-22-44-38(46-30)32-10-9-19-51(32)41(53)37(25(4)7-2)49-43(56)57-5/h12-17,20-25,32-33,36-37,48H,6-11,18-19H2,1-5H3,(H,44,46)(H,45,47)(H,49,56)(H,54,55)/t24?,25?,32-,33-,36?,37?/m0/s1. The first-order chi connectivity index (χ1) is 28.0. The first-order valence-electron chi connectivity index (χ1n) is 20.2. The van der Waals surface area contributed by atoms with Crippen LogP contribution in [0.5, 0.6) is 0 Å². The van der Waals surface area contributed by atoms with Crippen molar-refractivity contribution < 1.29 is 33.4 Å². The summed E-state index contributed by atoms with van der Waals surface area (Å²) in [6.45, 7) is 8.89. The van der Waals surface area contributed by atoms with E-state index >= 15 is 0 Å². The van der Waals surface area contributed by atoms with E-state index in [0.717, 1.165) is 76.9 Å². The smallest absolute Gasteiger partial charge is 0.407 e. The molecule has 5 aromatic rings. The van der Waals surface area contributed by atoms with Crippen LogP contribution in [-0.4, -0.2) is 91.1 Å². The van der Waals surface area contributed by atoms with Crippen LogP contribution in [0.2, 0.25) is 0 Å². The van der Waals surface area contributed by atoms with E-state index in [1.165, 1.54) is 7.11 Å². The Bertz CT molecular complexity index is 2260. The zero-order chi connectivity index (χ0) is 41.1. The summed E-state index contributed by atoms with van der Waals surface area (Å²) in [5.74, 6) is 1.53. The lowest BCUT2D eigenvalue weighted by molar-refractivity contribution is -0.136. The van der Waals surface area contributed by atoms with Crippen molar-refractivity contribution in [3.05, 3.63) is 72.6 Å². The fourth-order valence-corrected chi connectivity index (χ4v) is 8.14. The number of imidazole rings is 2. The van der Waals surface area contributed by atoms with Gasteiger partial charge >= 0.3 is 12.2 Å². The molecular formula is C43H52N8O7. The normalized spacial score (nSPS) is 18.8. The lowest BCUT2D eigenvalue weighted by atomic mass is 9.97. The molecule has 2 fully saturated rings. The van der Waals surface area contributed by atoms with Crippen molar-refractivity contribution in [1.82, 2.24) is 40.4 Å². The molecule has 58 heavy (non-hydrogen) atoms. The van der Waals surface area contributed by atoms with Crippen molar-refractivity contribution >= 4 is 35.0 Å². The number of hydrogen-bond donors (Lipinski definition) is 5. The summed E-state index contributed by atoms with van der Waals surface area (Å²) < 4.78 is 11.1. The van der Waals surface area contributed by atoms with Crippen LogP contribution in [0.25, 0.3) is 44.8 Å². The van der Waals surface area contributed by atoms with Gasteiger partial charge in [0.25, 0.3) is 0 Å². The fourth-order valence-electron chi connectivity index (χ4n) is 8.14.